The van der Waals surface area contributed by atoms with Crippen LogP contribution in [0, 0.1) is 4.51 Å². The first kappa shape index (κ1) is 6.36. The Hall–Kier alpha value is -1.36. The van der Waals surface area contributed by atoms with Crippen molar-refractivity contribution in [3.63, 3.8) is 0 Å². The molecule has 2 rings (SSSR count). The van der Waals surface area contributed by atoms with E-state index in [2.05, 4.69) is 20.4 Å². The number of aromatic amines is 1. The van der Waals surface area contributed by atoms with Crippen molar-refractivity contribution in [3.8, 4) is 0 Å². The van der Waals surface area contributed by atoms with Crippen LogP contribution in [0.1, 0.15) is 0 Å². The maximum absolute atomic E-state index is 5.02. The van der Waals surface area contributed by atoms with Crippen LogP contribution in [-0.2, 0) is 0 Å². The highest BCUT2D eigenvalue weighted by Crippen LogP contribution is 2.04. The molecule has 2 aromatic heterocycles. The second-order valence-electron chi connectivity index (χ2n) is 2.03. The number of hydrogen-bond acceptors (Lipinski definition) is 4. The van der Waals surface area contributed by atoms with Crippen LogP contribution >= 0.6 is 12.2 Å². The molecule has 0 amide bonds. The first-order valence-corrected chi connectivity index (χ1v) is 3.44. The predicted octanol–water partition coefficient (Wildman–Crippen LogP) is 1.08. The van der Waals surface area contributed by atoms with E-state index in [-0.39, 0.29) is 0 Å². The summed E-state index contributed by atoms with van der Waals surface area (Å²) < 4.78 is 0.683. The van der Waals surface area contributed by atoms with Gasteiger partial charge in [-0.05, 0) is 6.07 Å². The Morgan fingerprint density at radius 3 is 3.27 bits per heavy atom. The van der Waals surface area contributed by atoms with Crippen LogP contribution in [0.2, 0.25) is 0 Å². The molecule has 0 aromatic carbocycles. The molecule has 5 heteroatoms. The van der Waals surface area contributed by atoms with Crippen LogP contribution in [0.15, 0.2) is 18.5 Å². The van der Waals surface area contributed by atoms with E-state index in [1.165, 1.54) is 0 Å². The van der Waals surface area contributed by atoms with Gasteiger partial charge in [0.1, 0.15) is 11.0 Å². The highest BCUT2D eigenvalue weighted by atomic mass is 32.1. The van der Waals surface area contributed by atoms with Crippen molar-refractivity contribution in [3.05, 3.63) is 23.0 Å². The average molecular weight is 164 g/mol. The van der Waals surface area contributed by atoms with Crippen molar-refractivity contribution in [1.29, 1.82) is 0 Å². The molecule has 4 nitrogen and oxygen atoms in total. The zero-order valence-electron chi connectivity index (χ0n) is 5.48. The van der Waals surface area contributed by atoms with Gasteiger partial charge < -0.3 is 0 Å². The maximum Gasteiger partial charge on any atom is 0.132 e. The van der Waals surface area contributed by atoms with Gasteiger partial charge >= 0.3 is 0 Å². The van der Waals surface area contributed by atoms with Gasteiger partial charge in [0.25, 0.3) is 0 Å². The molecule has 0 aliphatic carbocycles. The summed E-state index contributed by atoms with van der Waals surface area (Å²) in [5.41, 5.74) is 1.46. The van der Waals surface area contributed by atoms with E-state index < -0.39 is 0 Å². The largest absolute Gasteiger partial charge is 0.275 e. The summed E-state index contributed by atoms with van der Waals surface area (Å²) in [6.45, 7) is 0. The number of nitrogens with zero attached hydrogens (tertiary/aromatic N) is 3. The molecule has 0 radical (unpaired) electrons. The van der Waals surface area contributed by atoms with Crippen molar-refractivity contribution in [2.45, 2.75) is 0 Å². The smallest absolute Gasteiger partial charge is 0.132 e. The number of H-pyrrole nitrogens is 1. The SMILES string of the molecule is S=c1ccnnc2cn[nH]c12. The van der Waals surface area contributed by atoms with E-state index in [0.29, 0.717) is 10.0 Å². The number of rotatable bonds is 0. The van der Waals surface area contributed by atoms with Gasteiger partial charge in [-0.3, -0.25) is 5.10 Å². The van der Waals surface area contributed by atoms with Gasteiger partial charge in [-0.2, -0.15) is 10.2 Å². The number of hydrogen-bond donors (Lipinski definition) is 1. The highest BCUT2D eigenvalue weighted by molar-refractivity contribution is 7.71. The summed E-state index contributed by atoms with van der Waals surface area (Å²) in [4.78, 5) is 0. The number of nitrogens with one attached hydrogen (secondary N) is 1. The Balaban J connectivity index is 3.09. The lowest BCUT2D eigenvalue weighted by molar-refractivity contribution is 1.08. The number of aromatic nitrogens is 4. The van der Waals surface area contributed by atoms with Crippen molar-refractivity contribution >= 4 is 23.3 Å². The summed E-state index contributed by atoms with van der Waals surface area (Å²) in [5.74, 6) is 0. The standard InChI is InChI=1S/C6H4N4S/c11-5-1-2-7-9-4-3-8-10-6(4)5/h1-3H,(H,8,10). The molecular formula is C6H4N4S. The minimum absolute atomic E-state index is 0.683. The minimum atomic E-state index is 0.683. The fourth-order valence-corrected chi connectivity index (χ4v) is 1.03. The Bertz CT molecular complexity index is 436. The van der Waals surface area contributed by atoms with Crippen molar-refractivity contribution in [2.24, 2.45) is 0 Å². The molecular weight excluding hydrogens is 160 g/mol. The third-order valence-electron chi connectivity index (χ3n) is 1.32. The molecule has 2 aromatic rings. The second-order valence-corrected chi connectivity index (χ2v) is 2.47. The molecule has 54 valence electrons. The molecule has 0 aliphatic rings. The van der Waals surface area contributed by atoms with E-state index in [9.17, 15) is 0 Å². The molecule has 0 atom stereocenters. The first-order valence-electron chi connectivity index (χ1n) is 3.03. The quantitative estimate of drug-likeness (QED) is 0.592. The summed E-state index contributed by atoms with van der Waals surface area (Å²) >= 11 is 5.02. The number of fused-ring (bicyclic) bond motifs is 1. The van der Waals surface area contributed by atoms with E-state index >= 15 is 0 Å². The van der Waals surface area contributed by atoms with Crippen LogP contribution in [0.5, 0.6) is 0 Å². The van der Waals surface area contributed by atoms with Crippen LogP contribution in [0.3, 0.4) is 0 Å². The Labute approximate surface area is 67.3 Å². The molecule has 0 bridgehead atoms. The summed E-state index contributed by atoms with van der Waals surface area (Å²) in [6, 6.07) is 1.71. The molecule has 1 N–H and O–H groups in total. The minimum Gasteiger partial charge on any atom is -0.275 e. The molecule has 0 unspecified atom stereocenters. The summed E-state index contributed by atoms with van der Waals surface area (Å²) in [6.07, 6.45) is 3.16. The van der Waals surface area contributed by atoms with Gasteiger partial charge in [-0.15, -0.1) is 5.10 Å². The van der Waals surface area contributed by atoms with Crippen LogP contribution in [-0.4, -0.2) is 20.4 Å². The molecule has 11 heavy (non-hydrogen) atoms. The third kappa shape index (κ3) is 0.988. The van der Waals surface area contributed by atoms with Crippen molar-refractivity contribution in [2.75, 3.05) is 0 Å². The third-order valence-corrected chi connectivity index (χ3v) is 1.66. The van der Waals surface area contributed by atoms with Crippen LogP contribution < -0.4 is 0 Å². The topological polar surface area (TPSA) is 54.5 Å². The molecule has 0 saturated carbocycles. The Morgan fingerprint density at radius 1 is 1.45 bits per heavy atom. The lowest BCUT2D eigenvalue weighted by Gasteiger charge is -1.73. The zero-order chi connectivity index (χ0) is 7.68. The predicted molar refractivity (Wildman–Crippen MR) is 42.5 cm³/mol. The normalized spacial score (nSPS) is 10.2. The van der Waals surface area contributed by atoms with E-state index in [1.807, 2.05) is 0 Å². The first-order chi connectivity index (χ1) is 5.38. The fourth-order valence-electron chi connectivity index (χ4n) is 0.817. The van der Waals surface area contributed by atoms with Crippen LogP contribution in [0.4, 0.5) is 0 Å². The lowest BCUT2D eigenvalue weighted by atomic mass is 10.4. The van der Waals surface area contributed by atoms with Crippen molar-refractivity contribution < 1.29 is 0 Å². The summed E-state index contributed by atoms with van der Waals surface area (Å²) in [7, 11) is 0. The Kier molecular flexibility index (Phi) is 1.36. The van der Waals surface area contributed by atoms with Gasteiger partial charge in [0, 0.05) is 0 Å². The van der Waals surface area contributed by atoms with E-state index in [1.54, 1.807) is 18.5 Å². The van der Waals surface area contributed by atoms with Gasteiger partial charge in [-0.1, -0.05) is 12.2 Å². The average Bonchev–Trinajstić information content (AvgIpc) is 2.40. The van der Waals surface area contributed by atoms with E-state index in [0.717, 1.165) is 5.52 Å². The van der Waals surface area contributed by atoms with Crippen LogP contribution in [0.25, 0.3) is 11.0 Å². The zero-order valence-corrected chi connectivity index (χ0v) is 6.30. The van der Waals surface area contributed by atoms with Gasteiger partial charge in [0.15, 0.2) is 0 Å². The van der Waals surface area contributed by atoms with Crippen molar-refractivity contribution in [1.82, 2.24) is 20.4 Å². The van der Waals surface area contributed by atoms with Gasteiger partial charge in [0.2, 0.25) is 0 Å². The molecule has 0 spiro atoms. The van der Waals surface area contributed by atoms with Gasteiger partial charge in [0.05, 0.1) is 16.9 Å². The Morgan fingerprint density at radius 2 is 2.36 bits per heavy atom. The second kappa shape index (κ2) is 2.35. The molecule has 0 saturated heterocycles. The lowest BCUT2D eigenvalue weighted by Crippen LogP contribution is -1.68. The molecule has 2 heterocycles. The molecule has 0 aliphatic heterocycles. The monoisotopic (exact) mass is 164 g/mol. The van der Waals surface area contributed by atoms with E-state index in [4.69, 9.17) is 12.2 Å². The maximum atomic E-state index is 5.02. The summed E-state index contributed by atoms with van der Waals surface area (Å²) in [5, 5.41) is 14.1. The molecule has 0 fully saturated rings. The highest BCUT2D eigenvalue weighted by Gasteiger charge is 1.94. The van der Waals surface area contributed by atoms with Gasteiger partial charge in [-0.25, -0.2) is 0 Å². The fraction of sp³-hybridized carbons (Fsp3) is 0.